The molecule has 0 saturated carbocycles. The first-order chi connectivity index (χ1) is 16.0. The molecule has 0 amide bonds. The predicted molar refractivity (Wildman–Crippen MR) is 142 cm³/mol. The minimum absolute atomic E-state index is 0.255. The minimum atomic E-state index is -0.453. The van der Waals surface area contributed by atoms with Crippen LogP contribution in [0.1, 0.15) is 43.4 Å². The van der Waals surface area contributed by atoms with Gasteiger partial charge in [0.1, 0.15) is 0 Å². The Balaban J connectivity index is 1.66. The second kappa shape index (κ2) is 12.7. The van der Waals surface area contributed by atoms with Crippen LogP contribution in [0.3, 0.4) is 0 Å². The maximum atomic E-state index is 10.3. The molecule has 0 aliphatic heterocycles. The molecule has 2 nitrogen and oxygen atoms in total. The zero-order valence-corrected chi connectivity index (χ0v) is 21.5. The van der Waals surface area contributed by atoms with Crippen molar-refractivity contribution in [2.45, 2.75) is 44.9 Å². The van der Waals surface area contributed by atoms with Gasteiger partial charge < -0.3 is 4.90 Å². The molecule has 0 heterocycles. The Morgan fingerprint density at radius 1 is 0.788 bits per heavy atom. The normalized spacial score (nSPS) is 13.1. The highest BCUT2D eigenvalue weighted by molar-refractivity contribution is 9.10. The summed E-state index contributed by atoms with van der Waals surface area (Å²) in [5.74, 6) is 0.255. The van der Waals surface area contributed by atoms with Gasteiger partial charge in [0.15, 0.2) is 0 Å². The number of halogens is 1. The lowest BCUT2D eigenvalue weighted by molar-refractivity contribution is 0.256. The first-order valence-corrected chi connectivity index (χ1v) is 12.8. The lowest BCUT2D eigenvalue weighted by atomic mass is 9.70. The Morgan fingerprint density at radius 2 is 1.30 bits per heavy atom. The van der Waals surface area contributed by atoms with Crippen LogP contribution in [0.4, 0.5) is 0 Å². The van der Waals surface area contributed by atoms with E-state index in [9.17, 15) is 5.26 Å². The van der Waals surface area contributed by atoms with Crippen LogP contribution in [0.25, 0.3) is 0 Å². The van der Waals surface area contributed by atoms with Crippen molar-refractivity contribution in [3.8, 4) is 6.07 Å². The van der Waals surface area contributed by atoms with E-state index < -0.39 is 5.41 Å². The molecule has 1 atom stereocenters. The first-order valence-electron chi connectivity index (χ1n) is 12.0. The Hall–Kier alpha value is -2.41. The maximum absolute atomic E-state index is 10.3. The van der Waals surface area contributed by atoms with Gasteiger partial charge in [-0.3, -0.25) is 0 Å². The van der Waals surface area contributed by atoms with E-state index in [0.717, 1.165) is 55.4 Å². The number of nitrogens with zero attached hydrogens (tertiary/aromatic N) is 2. The smallest absolute Gasteiger partial charge is 0.0845 e. The van der Waals surface area contributed by atoms with Gasteiger partial charge in [-0.05, 0) is 67.0 Å². The molecule has 3 aromatic carbocycles. The molecule has 0 aromatic heterocycles. The predicted octanol–water partition coefficient (Wildman–Crippen LogP) is 7.43. The molecule has 0 N–H and O–H groups in total. The lowest BCUT2D eigenvalue weighted by Gasteiger charge is -2.32. The summed E-state index contributed by atoms with van der Waals surface area (Å²) in [4.78, 5) is 2.57. The van der Waals surface area contributed by atoms with Gasteiger partial charge in [0.25, 0.3) is 0 Å². The van der Waals surface area contributed by atoms with Gasteiger partial charge >= 0.3 is 0 Å². The molecule has 0 fully saturated rings. The van der Waals surface area contributed by atoms with Gasteiger partial charge in [0, 0.05) is 17.6 Å². The summed E-state index contributed by atoms with van der Waals surface area (Å²) in [6, 6.07) is 32.5. The Kier molecular flexibility index (Phi) is 9.73. The van der Waals surface area contributed by atoms with Crippen LogP contribution in [0, 0.1) is 17.2 Å². The standard InChI is InChI=1S/C30H35BrN2/c1-25(2)30(24-32,28-14-16-29(31)17-15-28)20-9-21-33(22-18-26-10-5-3-6-11-26)23-19-27-12-7-4-8-13-27/h3-8,10-17,25H,9,18-23H2,1-2H3. The maximum Gasteiger partial charge on any atom is 0.0845 e. The van der Waals surface area contributed by atoms with Crippen molar-refractivity contribution in [3.05, 3.63) is 106 Å². The Morgan fingerprint density at radius 3 is 1.76 bits per heavy atom. The first kappa shape index (κ1) is 25.2. The monoisotopic (exact) mass is 502 g/mol. The fraction of sp³-hybridized carbons (Fsp3) is 0.367. The highest BCUT2D eigenvalue weighted by Crippen LogP contribution is 2.37. The molecule has 3 aromatic rings. The molecular formula is C30H35BrN2. The van der Waals surface area contributed by atoms with Gasteiger partial charge in [0.05, 0.1) is 11.5 Å². The van der Waals surface area contributed by atoms with E-state index >= 15 is 0 Å². The fourth-order valence-electron chi connectivity index (χ4n) is 4.54. The molecular weight excluding hydrogens is 468 g/mol. The molecule has 0 saturated heterocycles. The van der Waals surface area contributed by atoms with Gasteiger partial charge in [-0.2, -0.15) is 5.26 Å². The van der Waals surface area contributed by atoms with Gasteiger partial charge in [-0.1, -0.05) is 103 Å². The van der Waals surface area contributed by atoms with E-state index in [1.807, 2.05) is 0 Å². The van der Waals surface area contributed by atoms with Crippen molar-refractivity contribution >= 4 is 15.9 Å². The molecule has 0 bridgehead atoms. The van der Waals surface area contributed by atoms with Gasteiger partial charge in [0.2, 0.25) is 0 Å². The van der Waals surface area contributed by atoms with Crippen molar-refractivity contribution in [1.82, 2.24) is 4.90 Å². The SMILES string of the molecule is CC(C)C(C#N)(CCCN(CCc1ccccc1)CCc1ccccc1)c1ccc(Br)cc1. The van der Waals surface area contributed by atoms with Crippen molar-refractivity contribution in [3.63, 3.8) is 0 Å². The quantitative estimate of drug-likeness (QED) is 0.257. The molecule has 172 valence electrons. The summed E-state index contributed by atoms with van der Waals surface area (Å²) >= 11 is 3.53. The van der Waals surface area contributed by atoms with Crippen LogP contribution >= 0.6 is 15.9 Å². The second-order valence-electron chi connectivity index (χ2n) is 9.16. The second-order valence-corrected chi connectivity index (χ2v) is 10.1. The van der Waals surface area contributed by atoms with Crippen LogP contribution in [-0.2, 0) is 18.3 Å². The minimum Gasteiger partial charge on any atom is -0.303 e. The number of benzene rings is 3. The largest absolute Gasteiger partial charge is 0.303 e. The van der Waals surface area contributed by atoms with Crippen molar-refractivity contribution < 1.29 is 0 Å². The van der Waals surface area contributed by atoms with Crippen LogP contribution < -0.4 is 0 Å². The summed E-state index contributed by atoms with van der Waals surface area (Å²) < 4.78 is 1.05. The summed E-state index contributed by atoms with van der Waals surface area (Å²) in [7, 11) is 0. The topological polar surface area (TPSA) is 27.0 Å². The third kappa shape index (κ3) is 7.29. The highest BCUT2D eigenvalue weighted by atomic mass is 79.9. The molecule has 0 aliphatic carbocycles. The summed E-state index contributed by atoms with van der Waals surface area (Å²) in [5.41, 5.74) is 3.44. The fourth-order valence-corrected chi connectivity index (χ4v) is 4.81. The third-order valence-electron chi connectivity index (χ3n) is 6.71. The third-order valence-corrected chi connectivity index (χ3v) is 7.24. The van der Waals surface area contributed by atoms with Crippen LogP contribution in [0.5, 0.6) is 0 Å². The average Bonchev–Trinajstić information content (AvgIpc) is 2.85. The van der Waals surface area contributed by atoms with Gasteiger partial charge in [-0.25, -0.2) is 0 Å². The molecule has 3 rings (SSSR count). The van der Waals surface area contributed by atoms with E-state index in [2.05, 4.69) is 126 Å². The molecule has 1 unspecified atom stereocenters. The van der Waals surface area contributed by atoms with E-state index in [1.165, 1.54) is 11.1 Å². The van der Waals surface area contributed by atoms with E-state index in [0.29, 0.717) is 0 Å². The molecule has 0 spiro atoms. The summed E-state index contributed by atoms with van der Waals surface area (Å²) in [6.45, 7) is 7.43. The van der Waals surface area contributed by atoms with Crippen LogP contribution in [0.15, 0.2) is 89.4 Å². The van der Waals surface area contributed by atoms with Crippen molar-refractivity contribution in [2.24, 2.45) is 5.92 Å². The van der Waals surface area contributed by atoms with E-state index in [1.54, 1.807) is 0 Å². The zero-order valence-electron chi connectivity index (χ0n) is 19.9. The van der Waals surface area contributed by atoms with Crippen molar-refractivity contribution in [2.75, 3.05) is 19.6 Å². The highest BCUT2D eigenvalue weighted by Gasteiger charge is 2.35. The summed E-state index contributed by atoms with van der Waals surface area (Å²) in [6.07, 6.45) is 3.98. The summed E-state index contributed by atoms with van der Waals surface area (Å²) in [5, 5.41) is 10.3. The number of nitriles is 1. The van der Waals surface area contributed by atoms with Crippen LogP contribution in [0.2, 0.25) is 0 Å². The molecule has 0 radical (unpaired) electrons. The number of hydrogen-bond acceptors (Lipinski definition) is 2. The molecule has 3 heteroatoms. The molecule has 33 heavy (non-hydrogen) atoms. The Labute approximate surface area is 208 Å². The van der Waals surface area contributed by atoms with E-state index in [4.69, 9.17) is 0 Å². The number of hydrogen-bond donors (Lipinski definition) is 0. The average molecular weight is 504 g/mol. The molecule has 0 aliphatic rings. The van der Waals surface area contributed by atoms with Crippen LogP contribution in [-0.4, -0.2) is 24.5 Å². The zero-order chi connectivity index (χ0) is 23.5. The lowest BCUT2D eigenvalue weighted by Crippen LogP contribution is -2.34. The van der Waals surface area contributed by atoms with Gasteiger partial charge in [-0.15, -0.1) is 0 Å². The number of rotatable bonds is 12. The van der Waals surface area contributed by atoms with Crippen molar-refractivity contribution in [1.29, 1.82) is 5.26 Å². The Bertz CT molecular complexity index is 949. The van der Waals surface area contributed by atoms with E-state index in [-0.39, 0.29) is 5.92 Å².